The van der Waals surface area contributed by atoms with E-state index in [0.29, 0.717) is 16.0 Å². The minimum Gasteiger partial charge on any atom is -0.332 e. The van der Waals surface area contributed by atoms with Crippen LogP contribution in [-0.4, -0.2) is 38.0 Å². The second-order valence-electron chi connectivity index (χ2n) is 9.33. The van der Waals surface area contributed by atoms with Gasteiger partial charge in [0.15, 0.2) is 11.0 Å². The average Bonchev–Trinajstić information content (AvgIpc) is 3.05. The maximum Gasteiger partial charge on any atom is 0.321 e. The number of urea groups is 1. The molecule has 4 bridgehead atoms. The van der Waals surface area contributed by atoms with E-state index in [-0.39, 0.29) is 23.2 Å². The third kappa shape index (κ3) is 4.20. The lowest BCUT2D eigenvalue weighted by Gasteiger charge is -2.56. The van der Waals surface area contributed by atoms with Crippen molar-refractivity contribution in [1.82, 2.24) is 25.4 Å². The summed E-state index contributed by atoms with van der Waals surface area (Å²) in [7, 11) is 1.83. The van der Waals surface area contributed by atoms with E-state index < -0.39 is 0 Å². The van der Waals surface area contributed by atoms with Gasteiger partial charge in [0.05, 0.1) is 10.8 Å². The fourth-order valence-corrected chi connectivity index (χ4v) is 7.08. The Morgan fingerprint density at radius 1 is 1.13 bits per heavy atom. The van der Waals surface area contributed by atoms with Crippen LogP contribution in [0, 0.1) is 17.8 Å². The zero-order valence-electron chi connectivity index (χ0n) is 17.4. The van der Waals surface area contributed by atoms with Gasteiger partial charge >= 0.3 is 6.03 Å². The van der Waals surface area contributed by atoms with Gasteiger partial charge in [0.25, 0.3) is 0 Å². The summed E-state index contributed by atoms with van der Waals surface area (Å²) >= 11 is 7.50. The van der Waals surface area contributed by atoms with Crippen LogP contribution in [0.25, 0.3) is 11.4 Å². The van der Waals surface area contributed by atoms with Crippen LogP contribution >= 0.6 is 23.4 Å². The molecule has 6 rings (SSSR count). The van der Waals surface area contributed by atoms with Gasteiger partial charge < -0.3 is 9.88 Å². The normalized spacial score (nSPS) is 28.5. The van der Waals surface area contributed by atoms with Crippen LogP contribution in [-0.2, 0) is 11.8 Å². The molecular weight excluding hydrogens is 434 g/mol. The number of aromatic nitrogens is 3. The second kappa shape index (κ2) is 8.13. The van der Waals surface area contributed by atoms with Crippen LogP contribution in [0.1, 0.15) is 38.5 Å². The topological polar surface area (TPSA) is 88.9 Å². The summed E-state index contributed by atoms with van der Waals surface area (Å²) in [4.78, 5) is 24.9. The zero-order chi connectivity index (χ0) is 21.6. The molecule has 31 heavy (non-hydrogen) atoms. The van der Waals surface area contributed by atoms with Crippen molar-refractivity contribution in [2.45, 2.75) is 49.2 Å². The summed E-state index contributed by atoms with van der Waals surface area (Å²) in [5.74, 6) is 2.59. The van der Waals surface area contributed by atoms with E-state index in [0.717, 1.165) is 42.6 Å². The predicted molar refractivity (Wildman–Crippen MR) is 120 cm³/mol. The average molecular weight is 460 g/mol. The summed E-state index contributed by atoms with van der Waals surface area (Å²) in [6.07, 6.45) is 7.10. The number of nitrogens with zero attached hydrogens (tertiary/aromatic N) is 3. The van der Waals surface area contributed by atoms with E-state index in [1.165, 1.54) is 31.0 Å². The number of imide groups is 1. The Balaban J connectivity index is 1.16. The van der Waals surface area contributed by atoms with E-state index in [1.54, 1.807) is 10.6 Å². The molecule has 0 unspecified atom stereocenters. The summed E-state index contributed by atoms with van der Waals surface area (Å²) < 4.78 is 1.80. The molecule has 4 fully saturated rings. The Morgan fingerprint density at radius 2 is 1.77 bits per heavy atom. The van der Waals surface area contributed by atoms with Gasteiger partial charge in [-0.3, -0.25) is 10.1 Å². The molecule has 4 aliphatic rings. The summed E-state index contributed by atoms with van der Waals surface area (Å²) in [6, 6.07) is 7.05. The number of thioether (sulfide) groups is 1. The number of carbonyl (C=O) groups is 2. The van der Waals surface area contributed by atoms with E-state index in [9.17, 15) is 9.59 Å². The molecule has 0 atom stereocenters. The van der Waals surface area contributed by atoms with Gasteiger partial charge in [-0.1, -0.05) is 35.5 Å². The molecule has 0 saturated heterocycles. The predicted octanol–water partition coefficient (Wildman–Crippen LogP) is 4.02. The number of hydrogen-bond acceptors (Lipinski definition) is 5. The molecule has 2 aromatic rings. The molecule has 1 aromatic carbocycles. The van der Waals surface area contributed by atoms with Gasteiger partial charge in [-0.15, -0.1) is 10.2 Å². The van der Waals surface area contributed by atoms with Crippen molar-refractivity contribution in [3.05, 3.63) is 29.3 Å². The fraction of sp³-hybridized carbons (Fsp3) is 0.545. The maximum atomic E-state index is 12.5. The minimum atomic E-state index is -0.373. The van der Waals surface area contributed by atoms with E-state index in [2.05, 4.69) is 20.8 Å². The van der Waals surface area contributed by atoms with E-state index in [1.807, 2.05) is 25.2 Å². The van der Waals surface area contributed by atoms with Crippen molar-refractivity contribution >= 4 is 35.3 Å². The minimum absolute atomic E-state index is 0.0861. The highest BCUT2D eigenvalue weighted by atomic mass is 35.5. The Labute approximate surface area is 190 Å². The van der Waals surface area contributed by atoms with Gasteiger partial charge in [-0.2, -0.15) is 0 Å². The number of rotatable bonds is 5. The number of amides is 3. The molecule has 0 aliphatic heterocycles. The zero-order valence-corrected chi connectivity index (χ0v) is 19.0. The number of halogens is 1. The second-order valence-corrected chi connectivity index (χ2v) is 10.7. The summed E-state index contributed by atoms with van der Waals surface area (Å²) in [6.45, 7) is 0. The van der Waals surface area contributed by atoms with Crippen molar-refractivity contribution in [2.75, 3.05) is 5.75 Å². The van der Waals surface area contributed by atoms with Crippen LogP contribution in [0.2, 0.25) is 5.02 Å². The molecule has 7 nitrogen and oxygen atoms in total. The monoisotopic (exact) mass is 459 g/mol. The van der Waals surface area contributed by atoms with Crippen LogP contribution < -0.4 is 10.6 Å². The molecular formula is C22H26ClN5O2S. The Morgan fingerprint density at radius 3 is 2.42 bits per heavy atom. The van der Waals surface area contributed by atoms with Crippen molar-refractivity contribution < 1.29 is 9.59 Å². The summed E-state index contributed by atoms with van der Waals surface area (Å²) in [5, 5.41) is 15.2. The van der Waals surface area contributed by atoms with Crippen LogP contribution in [0.5, 0.6) is 0 Å². The molecule has 164 valence electrons. The number of hydrogen-bond donors (Lipinski definition) is 2. The fourth-order valence-electron chi connectivity index (χ4n) is 6.15. The van der Waals surface area contributed by atoms with Gasteiger partial charge in [-0.05, 0) is 68.4 Å². The third-order valence-electron chi connectivity index (χ3n) is 6.95. The quantitative estimate of drug-likeness (QED) is 0.659. The highest BCUT2D eigenvalue weighted by Crippen LogP contribution is 2.55. The first kappa shape index (κ1) is 20.8. The molecule has 1 aromatic heterocycles. The molecule has 4 saturated carbocycles. The van der Waals surface area contributed by atoms with Crippen LogP contribution in [0.4, 0.5) is 4.79 Å². The Kier molecular flexibility index (Phi) is 5.46. The maximum absolute atomic E-state index is 12.5. The molecule has 1 heterocycles. The van der Waals surface area contributed by atoms with E-state index in [4.69, 9.17) is 11.6 Å². The van der Waals surface area contributed by atoms with E-state index >= 15 is 0 Å². The lowest BCUT2D eigenvalue weighted by atomic mass is 9.53. The molecule has 9 heteroatoms. The smallest absolute Gasteiger partial charge is 0.321 e. The van der Waals surface area contributed by atoms with Gasteiger partial charge in [0.2, 0.25) is 5.91 Å². The SMILES string of the molecule is Cn1c(SCC(=O)NC(=O)NC23CC4CC(CC(C4)C2)C3)nnc1-c1ccccc1Cl. The van der Waals surface area contributed by atoms with Crippen molar-refractivity contribution in [3.8, 4) is 11.4 Å². The summed E-state index contributed by atoms with van der Waals surface area (Å²) in [5.41, 5.74) is 0.671. The first-order valence-electron chi connectivity index (χ1n) is 10.8. The number of nitrogens with one attached hydrogen (secondary N) is 2. The first-order valence-corrected chi connectivity index (χ1v) is 12.2. The molecule has 3 amide bonds. The molecule has 0 spiro atoms. The number of benzene rings is 1. The first-order chi connectivity index (χ1) is 14.9. The standard InChI is InChI=1S/C22H26ClN5O2S/c1-28-19(16-4-2-3-5-17(16)23)26-27-21(28)31-12-18(29)24-20(30)25-22-9-13-6-14(10-22)8-15(7-13)11-22/h2-5,13-15H,6-12H2,1H3,(H2,24,25,29,30). The highest BCUT2D eigenvalue weighted by molar-refractivity contribution is 7.99. The largest absolute Gasteiger partial charge is 0.332 e. The van der Waals surface area contributed by atoms with Crippen molar-refractivity contribution in [1.29, 1.82) is 0 Å². The molecule has 0 radical (unpaired) electrons. The van der Waals surface area contributed by atoms with Crippen LogP contribution in [0.3, 0.4) is 0 Å². The van der Waals surface area contributed by atoms with Gasteiger partial charge in [0.1, 0.15) is 0 Å². The number of carbonyl (C=O) groups excluding carboxylic acids is 2. The molecule has 2 N–H and O–H groups in total. The van der Waals surface area contributed by atoms with Gasteiger partial charge in [-0.25, -0.2) is 4.79 Å². The Hall–Kier alpha value is -2.06. The van der Waals surface area contributed by atoms with Gasteiger partial charge in [0, 0.05) is 18.2 Å². The highest BCUT2D eigenvalue weighted by Gasteiger charge is 2.51. The van der Waals surface area contributed by atoms with Crippen molar-refractivity contribution in [3.63, 3.8) is 0 Å². The lowest BCUT2D eigenvalue weighted by molar-refractivity contribution is -0.117. The molecule has 4 aliphatic carbocycles. The lowest BCUT2D eigenvalue weighted by Crippen LogP contribution is -2.61. The van der Waals surface area contributed by atoms with Crippen molar-refractivity contribution in [2.24, 2.45) is 24.8 Å². The van der Waals surface area contributed by atoms with Crippen LogP contribution in [0.15, 0.2) is 29.4 Å². The third-order valence-corrected chi connectivity index (χ3v) is 8.30. The Bertz CT molecular complexity index is 988.